The number of hydrogen-bond acceptors (Lipinski definition) is 4. The molecule has 0 bridgehead atoms. The lowest BCUT2D eigenvalue weighted by atomic mass is 10.1. The predicted octanol–water partition coefficient (Wildman–Crippen LogP) is 2.89. The maximum absolute atomic E-state index is 12.7. The van der Waals surface area contributed by atoms with Gasteiger partial charge in [0.25, 0.3) is 0 Å². The highest BCUT2D eigenvalue weighted by atomic mass is 127. The van der Waals surface area contributed by atoms with Gasteiger partial charge in [0.05, 0.1) is 18.8 Å². The summed E-state index contributed by atoms with van der Waals surface area (Å²) in [4.78, 5) is 18.4. The van der Waals surface area contributed by atoms with Crippen LogP contribution in [0, 0.1) is 0 Å². The standard InChI is InChI=1S/C17H33FN4O3.HI/c1-12-13(11-21-14(19-7)20-10-8-9-18)22(17(5,6)24-12)15(23)25-16(2,3)4;/h12-13H,8-11H2,1-7H3,(H2,19,20,21);1H. The molecule has 7 nitrogen and oxygen atoms in total. The second-order valence-electron chi connectivity index (χ2n) is 7.61. The summed E-state index contributed by atoms with van der Waals surface area (Å²) >= 11 is 0. The van der Waals surface area contributed by atoms with Crippen molar-refractivity contribution < 1.29 is 18.7 Å². The number of amides is 1. The Labute approximate surface area is 173 Å². The highest BCUT2D eigenvalue weighted by Crippen LogP contribution is 2.33. The second kappa shape index (κ2) is 10.5. The van der Waals surface area contributed by atoms with E-state index in [4.69, 9.17) is 9.47 Å². The summed E-state index contributed by atoms with van der Waals surface area (Å²) < 4.78 is 23.7. The Kier molecular flexibility index (Phi) is 10.1. The molecule has 0 radical (unpaired) electrons. The van der Waals surface area contributed by atoms with Gasteiger partial charge in [-0.2, -0.15) is 0 Å². The number of carbonyl (C=O) groups is 1. The van der Waals surface area contributed by atoms with Gasteiger partial charge in [0, 0.05) is 20.1 Å². The lowest BCUT2D eigenvalue weighted by Crippen LogP contribution is -2.54. The minimum absolute atomic E-state index is 0. The van der Waals surface area contributed by atoms with Gasteiger partial charge in [-0.15, -0.1) is 24.0 Å². The predicted molar refractivity (Wildman–Crippen MR) is 112 cm³/mol. The van der Waals surface area contributed by atoms with E-state index in [2.05, 4.69) is 15.6 Å². The van der Waals surface area contributed by atoms with Crippen LogP contribution in [0.5, 0.6) is 0 Å². The lowest BCUT2D eigenvalue weighted by molar-refractivity contribution is -0.0755. The van der Waals surface area contributed by atoms with E-state index in [0.717, 1.165) is 0 Å². The Bertz CT molecular complexity index is 483. The molecule has 1 saturated heterocycles. The number of aliphatic imine (C=N–C) groups is 1. The molecule has 2 unspecified atom stereocenters. The molecule has 0 aromatic heterocycles. The van der Waals surface area contributed by atoms with E-state index in [1.807, 2.05) is 41.5 Å². The normalized spacial score (nSPS) is 22.6. The molecule has 1 heterocycles. The molecule has 2 N–H and O–H groups in total. The molecule has 0 aliphatic carbocycles. The van der Waals surface area contributed by atoms with E-state index in [9.17, 15) is 9.18 Å². The van der Waals surface area contributed by atoms with Crippen LogP contribution in [-0.2, 0) is 9.47 Å². The molecular formula is C17H34FIN4O3. The Morgan fingerprint density at radius 3 is 2.46 bits per heavy atom. The van der Waals surface area contributed by atoms with Gasteiger partial charge in [0.15, 0.2) is 5.96 Å². The van der Waals surface area contributed by atoms with Crippen LogP contribution in [0.25, 0.3) is 0 Å². The van der Waals surface area contributed by atoms with Crippen molar-refractivity contribution in [1.82, 2.24) is 15.5 Å². The van der Waals surface area contributed by atoms with Crippen molar-refractivity contribution in [3.8, 4) is 0 Å². The summed E-state index contributed by atoms with van der Waals surface area (Å²) in [5.74, 6) is 0.564. The SMILES string of the molecule is CN=C(NCCCF)NCC1C(C)OC(C)(C)N1C(=O)OC(C)(C)C.I. The number of guanidine groups is 1. The van der Waals surface area contributed by atoms with Crippen LogP contribution in [-0.4, -0.2) is 67.2 Å². The fourth-order valence-electron chi connectivity index (χ4n) is 2.82. The smallest absolute Gasteiger partial charge is 0.412 e. The van der Waals surface area contributed by atoms with Gasteiger partial charge in [-0.05, 0) is 48.0 Å². The van der Waals surface area contributed by atoms with E-state index >= 15 is 0 Å². The van der Waals surface area contributed by atoms with Crippen LogP contribution >= 0.6 is 24.0 Å². The molecule has 2 atom stereocenters. The minimum Gasteiger partial charge on any atom is -0.444 e. The first-order chi connectivity index (χ1) is 11.5. The number of halogens is 2. The number of hydrogen-bond donors (Lipinski definition) is 2. The van der Waals surface area contributed by atoms with Crippen LogP contribution in [0.3, 0.4) is 0 Å². The quantitative estimate of drug-likeness (QED) is 0.270. The van der Waals surface area contributed by atoms with Crippen molar-refractivity contribution in [3.63, 3.8) is 0 Å². The van der Waals surface area contributed by atoms with E-state index in [0.29, 0.717) is 25.5 Å². The van der Waals surface area contributed by atoms with E-state index in [1.54, 1.807) is 11.9 Å². The molecule has 1 aliphatic rings. The average Bonchev–Trinajstić information content (AvgIpc) is 2.69. The van der Waals surface area contributed by atoms with Crippen LogP contribution in [0.2, 0.25) is 0 Å². The Morgan fingerprint density at radius 2 is 1.96 bits per heavy atom. The first-order valence-electron chi connectivity index (χ1n) is 8.72. The summed E-state index contributed by atoms with van der Waals surface area (Å²) in [7, 11) is 1.65. The van der Waals surface area contributed by atoms with Crippen LogP contribution in [0.4, 0.5) is 9.18 Å². The number of rotatable bonds is 5. The third-order valence-electron chi connectivity index (χ3n) is 3.82. The summed E-state index contributed by atoms with van der Waals surface area (Å²) in [5.41, 5.74) is -1.35. The van der Waals surface area contributed by atoms with Crippen LogP contribution in [0.15, 0.2) is 4.99 Å². The molecule has 1 amide bonds. The molecular weight excluding hydrogens is 454 g/mol. The zero-order valence-electron chi connectivity index (χ0n) is 16.9. The second-order valence-corrected chi connectivity index (χ2v) is 7.61. The van der Waals surface area contributed by atoms with Crippen molar-refractivity contribution in [1.29, 1.82) is 0 Å². The van der Waals surface area contributed by atoms with Crippen molar-refractivity contribution in [2.75, 3.05) is 26.8 Å². The highest BCUT2D eigenvalue weighted by Gasteiger charge is 2.49. The van der Waals surface area contributed by atoms with Gasteiger partial charge in [-0.3, -0.25) is 14.3 Å². The monoisotopic (exact) mass is 488 g/mol. The maximum atomic E-state index is 12.7. The summed E-state index contributed by atoms with van der Waals surface area (Å²) in [5, 5.41) is 6.21. The van der Waals surface area contributed by atoms with Crippen molar-refractivity contribution >= 4 is 36.0 Å². The number of alkyl halides is 1. The Morgan fingerprint density at radius 1 is 1.35 bits per heavy atom. The summed E-state index contributed by atoms with van der Waals surface area (Å²) in [6, 6.07) is -0.218. The first kappa shape index (κ1) is 25.2. The van der Waals surface area contributed by atoms with Crippen molar-refractivity contribution in [2.45, 2.75) is 71.4 Å². The van der Waals surface area contributed by atoms with E-state index in [-0.39, 0.29) is 42.8 Å². The average molecular weight is 488 g/mol. The molecule has 1 fully saturated rings. The Hall–Kier alpha value is -0.840. The zero-order valence-corrected chi connectivity index (χ0v) is 19.2. The molecule has 154 valence electrons. The molecule has 9 heteroatoms. The third kappa shape index (κ3) is 7.42. The zero-order chi connectivity index (χ0) is 19.3. The first-order valence-corrected chi connectivity index (χ1v) is 8.72. The van der Waals surface area contributed by atoms with Crippen molar-refractivity contribution in [2.24, 2.45) is 4.99 Å². The molecule has 0 spiro atoms. The van der Waals surface area contributed by atoms with E-state index in [1.165, 1.54) is 0 Å². The van der Waals surface area contributed by atoms with Crippen molar-refractivity contribution in [3.05, 3.63) is 0 Å². The molecule has 1 rings (SSSR count). The number of nitrogens with zero attached hydrogens (tertiary/aromatic N) is 2. The molecule has 26 heavy (non-hydrogen) atoms. The summed E-state index contributed by atoms with van der Waals surface area (Å²) in [6.45, 7) is 11.7. The molecule has 1 aliphatic heterocycles. The number of ether oxygens (including phenoxy) is 2. The lowest BCUT2D eigenvalue weighted by Gasteiger charge is -2.35. The molecule has 0 aromatic carbocycles. The van der Waals surface area contributed by atoms with E-state index < -0.39 is 17.4 Å². The minimum atomic E-state index is -0.765. The van der Waals surface area contributed by atoms with Gasteiger partial charge in [-0.1, -0.05) is 0 Å². The van der Waals surface area contributed by atoms with Crippen LogP contribution in [0.1, 0.15) is 48.0 Å². The van der Waals surface area contributed by atoms with Gasteiger partial charge >= 0.3 is 6.09 Å². The van der Waals surface area contributed by atoms with Gasteiger partial charge < -0.3 is 20.1 Å². The molecule has 0 aromatic rings. The number of nitrogens with one attached hydrogen (secondary N) is 2. The van der Waals surface area contributed by atoms with Gasteiger partial charge in [-0.25, -0.2) is 4.79 Å². The van der Waals surface area contributed by atoms with Gasteiger partial charge in [0.2, 0.25) is 0 Å². The van der Waals surface area contributed by atoms with Gasteiger partial charge in [0.1, 0.15) is 11.3 Å². The topological polar surface area (TPSA) is 75.2 Å². The fraction of sp³-hybridized carbons (Fsp3) is 0.882. The largest absolute Gasteiger partial charge is 0.444 e. The third-order valence-corrected chi connectivity index (χ3v) is 3.82. The fourth-order valence-corrected chi connectivity index (χ4v) is 2.82. The van der Waals surface area contributed by atoms with Crippen LogP contribution < -0.4 is 10.6 Å². The highest BCUT2D eigenvalue weighted by molar-refractivity contribution is 14.0. The Balaban J connectivity index is 0.00000625. The molecule has 0 saturated carbocycles. The number of carbonyl (C=O) groups excluding carboxylic acids is 1. The summed E-state index contributed by atoms with van der Waals surface area (Å²) in [6.07, 6.45) is -0.159. The maximum Gasteiger partial charge on any atom is 0.412 e.